The van der Waals surface area contributed by atoms with Crippen molar-refractivity contribution in [3.63, 3.8) is 0 Å². The average molecular weight is 460 g/mol. The van der Waals surface area contributed by atoms with E-state index in [1.54, 1.807) is 35.5 Å². The monoisotopic (exact) mass is 459 g/mol. The van der Waals surface area contributed by atoms with Crippen molar-refractivity contribution < 1.29 is 14.3 Å². The van der Waals surface area contributed by atoms with E-state index in [1.807, 2.05) is 48.7 Å². The van der Waals surface area contributed by atoms with Crippen molar-refractivity contribution in [2.24, 2.45) is 0 Å². The van der Waals surface area contributed by atoms with Crippen LogP contribution in [0.15, 0.2) is 72.5 Å². The highest BCUT2D eigenvalue weighted by molar-refractivity contribution is 7.14. The van der Waals surface area contributed by atoms with E-state index >= 15 is 0 Å². The molecule has 0 unspecified atom stereocenters. The highest BCUT2D eigenvalue weighted by Gasteiger charge is 2.12. The number of para-hydroxylation sites is 1. The van der Waals surface area contributed by atoms with E-state index in [9.17, 15) is 9.59 Å². The van der Waals surface area contributed by atoms with E-state index < -0.39 is 0 Å². The minimum atomic E-state index is -0.348. The molecule has 1 aromatic carbocycles. The summed E-state index contributed by atoms with van der Waals surface area (Å²) < 4.78 is 6.69. The van der Waals surface area contributed by atoms with Crippen molar-refractivity contribution in [2.45, 2.75) is 13.3 Å². The number of benzene rings is 1. The molecule has 0 fully saturated rings. The maximum atomic E-state index is 12.5. The molecule has 0 atom stereocenters. The van der Waals surface area contributed by atoms with Crippen LogP contribution < -0.4 is 5.32 Å². The molecular weight excluding hydrogens is 438 g/mol. The van der Waals surface area contributed by atoms with Crippen LogP contribution in [0.25, 0.3) is 23.0 Å². The molecule has 4 aromatic rings. The first-order valence-electron chi connectivity index (χ1n) is 10.3. The summed E-state index contributed by atoms with van der Waals surface area (Å²) in [6.45, 7) is 2.07. The zero-order valence-electron chi connectivity index (χ0n) is 17.8. The fourth-order valence-electron chi connectivity index (χ4n) is 3.07. The zero-order chi connectivity index (χ0) is 23.0. The fourth-order valence-corrected chi connectivity index (χ4v) is 3.78. The van der Waals surface area contributed by atoms with E-state index in [4.69, 9.17) is 9.84 Å². The fraction of sp³-hybridized carbons (Fsp3) is 0.125. The van der Waals surface area contributed by atoms with Crippen LogP contribution in [0.3, 0.4) is 0 Å². The van der Waals surface area contributed by atoms with Crippen LogP contribution in [0.4, 0.5) is 5.13 Å². The molecule has 0 saturated heterocycles. The number of esters is 1. The second-order valence-corrected chi connectivity index (χ2v) is 7.76. The Balaban J connectivity index is 1.51. The number of ether oxygens (including phenoxy) is 1. The van der Waals surface area contributed by atoms with E-state index in [0.29, 0.717) is 23.1 Å². The lowest BCUT2D eigenvalue weighted by Crippen LogP contribution is -2.09. The SMILES string of the molecule is CCOC(=O)Cc1csc(NC(=O)/C=C/c2cn(-c3ccccc3)nc2-c2cccnc2)n1. The van der Waals surface area contributed by atoms with Crippen LogP contribution in [0, 0.1) is 0 Å². The molecule has 9 heteroatoms. The number of anilines is 1. The Labute approximate surface area is 194 Å². The Morgan fingerprint density at radius 2 is 2.03 bits per heavy atom. The minimum Gasteiger partial charge on any atom is -0.466 e. The second kappa shape index (κ2) is 10.5. The van der Waals surface area contributed by atoms with E-state index in [-0.39, 0.29) is 18.3 Å². The molecule has 8 nitrogen and oxygen atoms in total. The van der Waals surface area contributed by atoms with Gasteiger partial charge < -0.3 is 4.74 Å². The van der Waals surface area contributed by atoms with Gasteiger partial charge in [-0.15, -0.1) is 11.3 Å². The number of rotatable bonds is 8. The Hall–Kier alpha value is -4.11. The standard InChI is InChI=1S/C24H21N5O3S/c1-2-32-22(31)13-19-16-33-24(26-19)27-21(30)11-10-18-15-29(20-8-4-3-5-9-20)28-23(18)17-7-6-12-25-14-17/h3-12,14-16H,2,13H2,1H3,(H,26,27,30)/b11-10+. The van der Waals surface area contributed by atoms with Crippen LogP contribution in [-0.2, 0) is 20.7 Å². The molecule has 0 bridgehead atoms. The summed E-state index contributed by atoms with van der Waals surface area (Å²) in [4.78, 5) is 32.5. The number of pyridine rings is 1. The van der Waals surface area contributed by atoms with Gasteiger partial charge in [-0.1, -0.05) is 18.2 Å². The normalized spacial score (nSPS) is 10.9. The number of amides is 1. The van der Waals surface area contributed by atoms with Gasteiger partial charge in [0.05, 0.1) is 24.4 Å². The summed E-state index contributed by atoms with van der Waals surface area (Å²) in [5.41, 5.74) is 3.78. The Bertz CT molecular complexity index is 1270. The summed E-state index contributed by atoms with van der Waals surface area (Å²) in [5.74, 6) is -0.685. The van der Waals surface area contributed by atoms with Crippen LogP contribution in [0.5, 0.6) is 0 Å². The lowest BCUT2D eigenvalue weighted by atomic mass is 10.1. The van der Waals surface area contributed by atoms with Crippen molar-refractivity contribution in [2.75, 3.05) is 11.9 Å². The number of thiazole rings is 1. The van der Waals surface area contributed by atoms with Crippen LogP contribution in [0.1, 0.15) is 18.2 Å². The van der Waals surface area contributed by atoms with Crippen LogP contribution in [-0.4, -0.2) is 38.2 Å². The lowest BCUT2D eigenvalue weighted by Gasteiger charge is -2.00. The molecule has 3 aromatic heterocycles. The summed E-state index contributed by atoms with van der Waals surface area (Å²) >= 11 is 1.25. The summed E-state index contributed by atoms with van der Waals surface area (Å²) in [5, 5.41) is 9.56. The predicted molar refractivity (Wildman–Crippen MR) is 127 cm³/mol. The average Bonchev–Trinajstić information content (AvgIpc) is 3.46. The third-order valence-corrected chi connectivity index (χ3v) is 5.33. The third-order valence-electron chi connectivity index (χ3n) is 4.53. The van der Waals surface area contributed by atoms with Gasteiger partial charge in [0, 0.05) is 41.2 Å². The smallest absolute Gasteiger partial charge is 0.311 e. The first-order chi connectivity index (χ1) is 16.1. The molecule has 4 rings (SSSR count). The number of nitrogens with one attached hydrogen (secondary N) is 1. The van der Waals surface area contributed by atoms with Crippen molar-refractivity contribution in [3.05, 3.63) is 83.8 Å². The van der Waals surface area contributed by atoms with Crippen LogP contribution >= 0.6 is 11.3 Å². The quantitative estimate of drug-likeness (QED) is 0.314. The highest BCUT2D eigenvalue weighted by Crippen LogP contribution is 2.24. The second-order valence-electron chi connectivity index (χ2n) is 6.90. The van der Waals surface area contributed by atoms with E-state index in [1.165, 1.54) is 17.4 Å². The predicted octanol–water partition coefficient (Wildman–Crippen LogP) is 4.15. The number of aromatic nitrogens is 4. The molecule has 3 heterocycles. The molecule has 0 spiro atoms. The lowest BCUT2D eigenvalue weighted by molar-refractivity contribution is -0.142. The third kappa shape index (κ3) is 5.78. The molecule has 0 aliphatic rings. The zero-order valence-corrected chi connectivity index (χ0v) is 18.7. The van der Waals surface area contributed by atoms with Gasteiger partial charge in [-0.05, 0) is 37.3 Å². The van der Waals surface area contributed by atoms with Gasteiger partial charge in [-0.3, -0.25) is 19.9 Å². The van der Waals surface area contributed by atoms with E-state index in [0.717, 1.165) is 16.8 Å². The molecule has 166 valence electrons. The molecule has 1 amide bonds. The number of carbonyl (C=O) groups is 2. The topological polar surface area (TPSA) is 99.0 Å². The van der Waals surface area contributed by atoms with Crippen molar-refractivity contribution in [1.29, 1.82) is 0 Å². The summed E-state index contributed by atoms with van der Waals surface area (Å²) in [6, 6.07) is 13.5. The van der Waals surface area contributed by atoms with Crippen molar-refractivity contribution in [3.8, 4) is 16.9 Å². The van der Waals surface area contributed by atoms with Gasteiger partial charge in [0.1, 0.15) is 5.69 Å². The number of carbonyl (C=O) groups excluding carboxylic acids is 2. The molecule has 33 heavy (non-hydrogen) atoms. The summed E-state index contributed by atoms with van der Waals surface area (Å²) in [7, 11) is 0. The molecule has 0 aliphatic carbocycles. The molecule has 0 saturated carbocycles. The van der Waals surface area contributed by atoms with Gasteiger partial charge in [-0.2, -0.15) is 5.10 Å². The van der Waals surface area contributed by atoms with E-state index in [2.05, 4.69) is 15.3 Å². The number of nitrogens with zero attached hydrogens (tertiary/aromatic N) is 4. The van der Waals surface area contributed by atoms with Gasteiger partial charge in [0.2, 0.25) is 5.91 Å². The Morgan fingerprint density at radius 1 is 1.18 bits per heavy atom. The molecular formula is C24H21N5O3S. The first kappa shape index (κ1) is 22.1. The highest BCUT2D eigenvalue weighted by atomic mass is 32.1. The minimum absolute atomic E-state index is 0.0726. The largest absolute Gasteiger partial charge is 0.466 e. The molecule has 1 N–H and O–H groups in total. The number of hydrogen-bond donors (Lipinski definition) is 1. The maximum absolute atomic E-state index is 12.5. The van der Waals surface area contributed by atoms with Gasteiger partial charge in [-0.25, -0.2) is 9.67 Å². The Kier molecular flexibility index (Phi) is 7.01. The molecule has 0 aliphatic heterocycles. The molecule has 0 radical (unpaired) electrons. The van der Waals surface area contributed by atoms with Gasteiger partial charge in [0.15, 0.2) is 5.13 Å². The van der Waals surface area contributed by atoms with Crippen molar-refractivity contribution >= 4 is 34.4 Å². The number of hydrogen-bond acceptors (Lipinski definition) is 7. The first-order valence-corrected chi connectivity index (χ1v) is 11.1. The van der Waals surface area contributed by atoms with Crippen LogP contribution in [0.2, 0.25) is 0 Å². The Morgan fingerprint density at radius 3 is 2.79 bits per heavy atom. The maximum Gasteiger partial charge on any atom is 0.311 e. The summed E-state index contributed by atoms with van der Waals surface area (Å²) in [6.07, 6.45) is 8.50. The van der Waals surface area contributed by atoms with Crippen molar-refractivity contribution in [1.82, 2.24) is 19.7 Å². The van der Waals surface area contributed by atoms with Gasteiger partial charge >= 0.3 is 5.97 Å². The van der Waals surface area contributed by atoms with Gasteiger partial charge in [0.25, 0.3) is 0 Å².